The fourth-order valence-corrected chi connectivity index (χ4v) is 4.57. The van der Waals surface area contributed by atoms with Gasteiger partial charge in [-0.25, -0.2) is 0 Å². The van der Waals surface area contributed by atoms with Gasteiger partial charge in [0.05, 0.1) is 0 Å². The topological polar surface area (TPSA) is 3.24 Å². The summed E-state index contributed by atoms with van der Waals surface area (Å²) in [6, 6.07) is 0. The predicted octanol–water partition coefficient (Wildman–Crippen LogP) is 3.79. The molecule has 4 atom stereocenters. The quantitative estimate of drug-likeness (QED) is 0.604. The fourth-order valence-electron chi connectivity index (χ4n) is 4.57. The van der Waals surface area contributed by atoms with Gasteiger partial charge in [0.15, 0.2) is 0 Å². The molecule has 0 aromatic rings. The summed E-state index contributed by atoms with van der Waals surface area (Å²) in [6.07, 6.45) is 9.22. The molecule has 3 rings (SSSR count). The highest BCUT2D eigenvalue weighted by Crippen LogP contribution is 2.51. The first-order valence-corrected chi connectivity index (χ1v) is 7.53. The van der Waals surface area contributed by atoms with Crippen LogP contribution in [0.25, 0.3) is 0 Å². The average Bonchev–Trinajstić information content (AvgIpc) is 2.65. The molecule has 94 valence electrons. The Bertz CT molecular complexity index is 213. The van der Waals surface area contributed by atoms with Gasteiger partial charge in [0.2, 0.25) is 0 Å². The van der Waals surface area contributed by atoms with Gasteiger partial charge in [0, 0.05) is 6.54 Å². The molecule has 1 nitrogen and oxygen atoms in total. The van der Waals surface area contributed by atoms with Crippen LogP contribution in [0.4, 0.5) is 0 Å². The summed E-state index contributed by atoms with van der Waals surface area (Å²) in [5, 5.41) is 0. The lowest BCUT2D eigenvalue weighted by Crippen LogP contribution is -2.32. The second-order valence-electron chi connectivity index (χ2n) is 5.92. The van der Waals surface area contributed by atoms with Crippen molar-refractivity contribution in [2.24, 2.45) is 23.7 Å². The molecule has 0 amide bonds. The lowest BCUT2D eigenvalue weighted by Gasteiger charge is -2.36. The third-order valence-corrected chi connectivity index (χ3v) is 5.12. The van der Waals surface area contributed by atoms with Crippen LogP contribution in [0.3, 0.4) is 0 Å². The third-order valence-electron chi connectivity index (χ3n) is 5.12. The molecule has 4 unspecified atom stereocenters. The Hall–Kier alpha value is -0.0400. The SMILES string of the molecule is CC.CN1CCC2CCC3CCCC(C1)C32. The van der Waals surface area contributed by atoms with Crippen molar-refractivity contribution in [3.63, 3.8) is 0 Å². The van der Waals surface area contributed by atoms with Crippen LogP contribution in [0.15, 0.2) is 0 Å². The minimum absolute atomic E-state index is 1.06. The Balaban J connectivity index is 0.000000457. The van der Waals surface area contributed by atoms with E-state index in [-0.39, 0.29) is 0 Å². The Kier molecular flexibility index (Phi) is 4.29. The molecule has 1 heteroatoms. The summed E-state index contributed by atoms with van der Waals surface area (Å²) in [4.78, 5) is 2.59. The number of nitrogens with zero attached hydrogens (tertiary/aromatic N) is 1. The maximum Gasteiger partial charge on any atom is 0.000946 e. The Morgan fingerprint density at radius 1 is 0.812 bits per heavy atom. The minimum Gasteiger partial charge on any atom is -0.306 e. The van der Waals surface area contributed by atoms with Crippen molar-refractivity contribution in [3.8, 4) is 0 Å². The molecule has 0 bridgehead atoms. The van der Waals surface area contributed by atoms with E-state index in [1.54, 1.807) is 19.3 Å². The molecule has 0 aromatic carbocycles. The summed E-state index contributed by atoms with van der Waals surface area (Å²) >= 11 is 0. The molecule has 3 fully saturated rings. The molecule has 2 aliphatic carbocycles. The first-order valence-electron chi connectivity index (χ1n) is 7.53. The summed E-state index contributed by atoms with van der Waals surface area (Å²) < 4.78 is 0. The van der Waals surface area contributed by atoms with Crippen molar-refractivity contribution in [1.29, 1.82) is 0 Å². The Labute approximate surface area is 102 Å². The third kappa shape index (κ3) is 2.30. The molecule has 0 radical (unpaired) electrons. The van der Waals surface area contributed by atoms with Crippen molar-refractivity contribution in [1.82, 2.24) is 4.90 Å². The van der Waals surface area contributed by atoms with Crippen LogP contribution >= 0.6 is 0 Å². The average molecular weight is 223 g/mol. The highest BCUT2D eigenvalue weighted by atomic mass is 15.1. The van der Waals surface area contributed by atoms with Crippen LogP contribution in [-0.2, 0) is 0 Å². The molecule has 1 aliphatic heterocycles. The van der Waals surface area contributed by atoms with Gasteiger partial charge >= 0.3 is 0 Å². The van der Waals surface area contributed by atoms with Gasteiger partial charge in [-0.15, -0.1) is 0 Å². The maximum absolute atomic E-state index is 2.59. The second-order valence-corrected chi connectivity index (χ2v) is 5.92. The van der Waals surface area contributed by atoms with Crippen LogP contribution in [-0.4, -0.2) is 25.0 Å². The summed E-state index contributed by atoms with van der Waals surface area (Å²) in [5.74, 6) is 4.43. The zero-order valence-corrected chi connectivity index (χ0v) is 11.4. The first-order chi connectivity index (χ1) is 7.84. The Morgan fingerprint density at radius 2 is 1.44 bits per heavy atom. The van der Waals surface area contributed by atoms with E-state index in [0.717, 1.165) is 23.7 Å². The van der Waals surface area contributed by atoms with E-state index in [2.05, 4.69) is 11.9 Å². The van der Waals surface area contributed by atoms with Crippen molar-refractivity contribution in [3.05, 3.63) is 0 Å². The normalized spacial score (nSPS) is 42.9. The molecule has 3 aliphatic rings. The van der Waals surface area contributed by atoms with Crippen molar-refractivity contribution < 1.29 is 0 Å². The zero-order valence-electron chi connectivity index (χ0n) is 11.4. The Morgan fingerprint density at radius 3 is 2.19 bits per heavy atom. The smallest absolute Gasteiger partial charge is 0.000946 e. The molecule has 0 spiro atoms. The first kappa shape index (κ1) is 12.4. The predicted molar refractivity (Wildman–Crippen MR) is 70.5 cm³/mol. The van der Waals surface area contributed by atoms with Gasteiger partial charge in [-0.1, -0.05) is 26.7 Å². The van der Waals surface area contributed by atoms with E-state index in [1.165, 1.54) is 32.4 Å². The van der Waals surface area contributed by atoms with Crippen molar-refractivity contribution in [2.45, 2.75) is 52.4 Å². The van der Waals surface area contributed by atoms with Gasteiger partial charge in [-0.05, 0) is 62.9 Å². The molecule has 16 heavy (non-hydrogen) atoms. The van der Waals surface area contributed by atoms with Crippen LogP contribution in [0.2, 0.25) is 0 Å². The van der Waals surface area contributed by atoms with Gasteiger partial charge < -0.3 is 4.90 Å². The van der Waals surface area contributed by atoms with E-state index in [9.17, 15) is 0 Å². The maximum atomic E-state index is 2.59. The van der Waals surface area contributed by atoms with E-state index < -0.39 is 0 Å². The molecule has 0 aromatic heterocycles. The van der Waals surface area contributed by atoms with Gasteiger partial charge in [0.1, 0.15) is 0 Å². The van der Waals surface area contributed by atoms with E-state index >= 15 is 0 Å². The summed E-state index contributed by atoms with van der Waals surface area (Å²) in [6.45, 7) is 6.77. The summed E-state index contributed by atoms with van der Waals surface area (Å²) in [7, 11) is 2.32. The lowest BCUT2D eigenvalue weighted by atomic mass is 9.70. The van der Waals surface area contributed by atoms with Gasteiger partial charge in [-0.3, -0.25) is 0 Å². The largest absolute Gasteiger partial charge is 0.306 e. The highest BCUT2D eigenvalue weighted by molar-refractivity contribution is 4.94. The van der Waals surface area contributed by atoms with E-state index in [1.807, 2.05) is 13.8 Å². The van der Waals surface area contributed by atoms with Crippen molar-refractivity contribution >= 4 is 0 Å². The molecular formula is C15H29N. The van der Waals surface area contributed by atoms with Gasteiger partial charge in [0.25, 0.3) is 0 Å². The zero-order chi connectivity index (χ0) is 11.5. The lowest BCUT2D eigenvalue weighted by molar-refractivity contribution is 0.136. The van der Waals surface area contributed by atoms with Crippen LogP contribution < -0.4 is 0 Å². The number of hydrogen-bond acceptors (Lipinski definition) is 1. The molecule has 0 N–H and O–H groups in total. The highest BCUT2D eigenvalue weighted by Gasteiger charge is 2.44. The molecule has 1 saturated heterocycles. The van der Waals surface area contributed by atoms with E-state index in [4.69, 9.17) is 0 Å². The fraction of sp³-hybridized carbons (Fsp3) is 1.00. The number of hydrogen-bond donors (Lipinski definition) is 0. The number of rotatable bonds is 0. The monoisotopic (exact) mass is 223 g/mol. The van der Waals surface area contributed by atoms with E-state index in [0.29, 0.717) is 0 Å². The van der Waals surface area contributed by atoms with Gasteiger partial charge in [-0.2, -0.15) is 0 Å². The second kappa shape index (κ2) is 5.53. The molecular weight excluding hydrogens is 194 g/mol. The number of likely N-dealkylation sites (tertiary alicyclic amines) is 1. The minimum atomic E-state index is 1.06. The van der Waals surface area contributed by atoms with Crippen molar-refractivity contribution in [2.75, 3.05) is 20.1 Å². The standard InChI is InChI=1S/C13H23N.C2H6/c1-14-8-7-11-6-5-10-3-2-4-12(9-14)13(10)11;1-2/h10-13H,2-9H2,1H3;1-2H3. The van der Waals surface area contributed by atoms with Crippen LogP contribution in [0.5, 0.6) is 0 Å². The van der Waals surface area contributed by atoms with Crippen LogP contribution in [0.1, 0.15) is 52.4 Å². The molecule has 2 saturated carbocycles. The van der Waals surface area contributed by atoms with Crippen LogP contribution in [0, 0.1) is 23.7 Å². The molecule has 1 heterocycles. The summed E-state index contributed by atoms with van der Waals surface area (Å²) in [5.41, 5.74) is 0.